The van der Waals surface area contributed by atoms with Crippen molar-refractivity contribution in [2.45, 2.75) is 46.1 Å². The molecule has 0 radical (unpaired) electrons. The second-order valence-electron chi connectivity index (χ2n) is 8.75. The normalized spacial score (nSPS) is 11.1. The molecule has 0 aliphatic heterocycles. The van der Waals surface area contributed by atoms with E-state index in [0.717, 1.165) is 63.9 Å². The zero-order chi connectivity index (χ0) is 24.6. The molecule has 182 valence electrons. The van der Waals surface area contributed by atoms with Gasteiger partial charge < -0.3 is 18.8 Å². The van der Waals surface area contributed by atoms with Crippen LogP contribution >= 0.6 is 0 Å². The number of unbranched alkanes of at least 4 members (excludes halogenated alkanes) is 2. The summed E-state index contributed by atoms with van der Waals surface area (Å²) in [4.78, 5) is 10.5. The summed E-state index contributed by atoms with van der Waals surface area (Å²) in [5.74, 6) is 1.41. The minimum absolute atomic E-state index is 0.246. The maximum absolute atomic E-state index is 13.7. The van der Waals surface area contributed by atoms with E-state index in [1.807, 2.05) is 30.3 Å². The topological polar surface area (TPSA) is 40.5 Å². The number of aldehydes is 1. The monoisotopic (exact) mass is 473 g/mol. The second-order valence-corrected chi connectivity index (χ2v) is 8.75. The maximum atomic E-state index is 13.7. The van der Waals surface area contributed by atoms with Gasteiger partial charge in [-0.1, -0.05) is 25.5 Å². The molecule has 5 heteroatoms. The predicted molar refractivity (Wildman–Crippen MR) is 139 cm³/mol. The van der Waals surface area contributed by atoms with Crippen LogP contribution in [0.5, 0.6) is 11.5 Å². The molecule has 4 aromatic rings. The summed E-state index contributed by atoms with van der Waals surface area (Å²) in [5.41, 5.74) is 5.43. The predicted octanol–water partition coefficient (Wildman–Crippen LogP) is 7.34. The number of benzene rings is 3. The molecular formula is C30H32FNO3. The van der Waals surface area contributed by atoms with Crippen molar-refractivity contribution < 1.29 is 18.7 Å². The molecular weight excluding hydrogens is 441 g/mol. The van der Waals surface area contributed by atoms with Gasteiger partial charge in [0, 0.05) is 23.9 Å². The Hall–Kier alpha value is -3.60. The molecule has 0 bridgehead atoms. The molecule has 0 N–H and O–H groups in total. The highest BCUT2D eigenvalue weighted by Gasteiger charge is 2.17. The van der Waals surface area contributed by atoms with E-state index in [-0.39, 0.29) is 5.82 Å². The first-order valence-corrected chi connectivity index (χ1v) is 12.3. The van der Waals surface area contributed by atoms with Crippen molar-refractivity contribution in [2.24, 2.45) is 0 Å². The van der Waals surface area contributed by atoms with Crippen LogP contribution in [0.3, 0.4) is 0 Å². The second kappa shape index (κ2) is 11.7. The highest BCUT2D eigenvalue weighted by atomic mass is 19.1. The molecule has 0 atom stereocenters. The number of aryl methyl sites for hydroxylation is 1. The fourth-order valence-corrected chi connectivity index (χ4v) is 4.30. The van der Waals surface area contributed by atoms with Crippen LogP contribution in [0.15, 0.2) is 66.7 Å². The van der Waals surface area contributed by atoms with Gasteiger partial charge in [0.25, 0.3) is 0 Å². The highest BCUT2D eigenvalue weighted by Crippen LogP contribution is 2.36. The van der Waals surface area contributed by atoms with Crippen molar-refractivity contribution in [3.63, 3.8) is 0 Å². The van der Waals surface area contributed by atoms with Crippen molar-refractivity contribution in [3.05, 3.63) is 83.7 Å². The number of aromatic nitrogens is 1. The van der Waals surface area contributed by atoms with Gasteiger partial charge in [0.1, 0.15) is 23.6 Å². The smallest absolute Gasteiger partial charge is 0.123 e. The standard InChI is InChI=1S/C30H32FNO3/c1-3-4-18-35-27-15-16-29-28(20-27)22(2)30(24-9-11-25(31)12-10-24)32(29)21-23-7-13-26(14-8-23)34-19-6-5-17-33/h7-17,20H,3-6,18-19,21H2,1-2H3. The third kappa shape index (κ3) is 5.91. The number of nitrogens with zero attached hydrogens (tertiary/aromatic N) is 1. The lowest BCUT2D eigenvalue weighted by atomic mass is 10.1. The molecule has 0 unspecified atom stereocenters. The van der Waals surface area contributed by atoms with Gasteiger partial charge in [-0.05, 0) is 91.1 Å². The van der Waals surface area contributed by atoms with Gasteiger partial charge in [-0.3, -0.25) is 0 Å². The van der Waals surface area contributed by atoms with E-state index in [1.54, 1.807) is 0 Å². The largest absolute Gasteiger partial charge is 0.494 e. The lowest BCUT2D eigenvalue weighted by molar-refractivity contribution is -0.108. The van der Waals surface area contributed by atoms with Crippen molar-refractivity contribution >= 4 is 17.2 Å². The Kier molecular flexibility index (Phi) is 8.19. The fourth-order valence-electron chi connectivity index (χ4n) is 4.30. The molecule has 1 aromatic heterocycles. The molecule has 3 aromatic carbocycles. The number of ether oxygens (including phenoxy) is 2. The number of carbonyl (C=O) groups excluding carboxylic acids is 1. The van der Waals surface area contributed by atoms with Crippen molar-refractivity contribution in [1.29, 1.82) is 0 Å². The zero-order valence-corrected chi connectivity index (χ0v) is 20.4. The number of fused-ring (bicyclic) bond motifs is 1. The number of hydrogen-bond acceptors (Lipinski definition) is 3. The van der Waals surface area contributed by atoms with Crippen LogP contribution in [-0.2, 0) is 11.3 Å². The molecule has 0 saturated carbocycles. The summed E-state index contributed by atoms with van der Waals surface area (Å²) in [6, 6.07) is 21.0. The van der Waals surface area contributed by atoms with Gasteiger partial charge in [-0.2, -0.15) is 0 Å². The number of hydrogen-bond donors (Lipinski definition) is 0. The summed E-state index contributed by atoms with van der Waals surface area (Å²) in [5, 5.41) is 1.13. The minimum Gasteiger partial charge on any atom is -0.494 e. The molecule has 0 aliphatic carbocycles. The quantitative estimate of drug-likeness (QED) is 0.160. The van der Waals surface area contributed by atoms with Gasteiger partial charge in [0.15, 0.2) is 0 Å². The Bertz CT molecular complexity index is 1260. The molecule has 0 aliphatic rings. The Balaban J connectivity index is 1.67. The molecule has 1 heterocycles. The van der Waals surface area contributed by atoms with Crippen molar-refractivity contribution in [2.75, 3.05) is 13.2 Å². The SMILES string of the molecule is CCCCOc1ccc2c(c1)c(C)c(-c1ccc(F)cc1)n2Cc1ccc(OCCCC=O)cc1. The van der Waals surface area contributed by atoms with Gasteiger partial charge in [0.2, 0.25) is 0 Å². The lowest BCUT2D eigenvalue weighted by Crippen LogP contribution is -2.03. The first-order valence-electron chi connectivity index (χ1n) is 12.3. The van der Waals surface area contributed by atoms with E-state index < -0.39 is 0 Å². The number of halogens is 1. The first-order chi connectivity index (χ1) is 17.1. The number of rotatable bonds is 12. The minimum atomic E-state index is -0.246. The van der Waals surface area contributed by atoms with E-state index in [0.29, 0.717) is 32.6 Å². The van der Waals surface area contributed by atoms with Gasteiger partial charge in [-0.15, -0.1) is 0 Å². The van der Waals surface area contributed by atoms with Crippen LogP contribution in [0.4, 0.5) is 4.39 Å². The molecule has 0 amide bonds. The summed E-state index contributed by atoms with van der Waals surface area (Å²) in [6.07, 6.45) is 4.25. The molecule has 0 saturated heterocycles. The molecule has 0 fully saturated rings. The third-order valence-corrected chi connectivity index (χ3v) is 6.17. The Morgan fingerprint density at radius 1 is 0.886 bits per heavy atom. The van der Waals surface area contributed by atoms with Crippen LogP contribution in [0.1, 0.15) is 43.7 Å². The van der Waals surface area contributed by atoms with Gasteiger partial charge in [-0.25, -0.2) is 4.39 Å². The first kappa shape index (κ1) is 24.5. The van der Waals surface area contributed by atoms with E-state index in [9.17, 15) is 9.18 Å². The molecule has 4 nitrogen and oxygen atoms in total. The summed E-state index contributed by atoms with van der Waals surface area (Å²) in [7, 11) is 0. The van der Waals surface area contributed by atoms with Gasteiger partial charge >= 0.3 is 0 Å². The van der Waals surface area contributed by atoms with E-state index >= 15 is 0 Å². The highest BCUT2D eigenvalue weighted by molar-refractivity contribution is 5.92. The van der Waals surface area contributed by atoms with Crippen LogP contribution in [0, 0.1) is 12.7 Å². The average molecular weight is 474 g/mol. The molecule has 4 rings (SSSR count). The summed E-state index contributed by atoms with van der Waals surface area (Å²) >= 11 is 0. The zero-order valence-electron chi connectivity index (χ0n) is 20.4. The number of carbonyl (C=O) groups is 1. The Labute approximate surface area is 206 Å². The van der Waals surface area contributed by atoms with Crippen LogP contribution in [0.2, 0.25) is 0 Å². The Morgan fingerprint density at radius 2 is 1.57 bits per heavy atom. The summed E-state index contributed by atoms with van der Waals surface area (Å²) < 4.78 is 27.7. The Morgan fingerprint density at radius 3 is 2.29 bits per heavy atom. The summed E-state index contributed by atoms with van der Waals surface area (Å²) in [6.45, 7) is 6.16. The van der Waals surface area contributed by atoms with Gasteiger partial charge in [0.05, 0.1) is 18.9 Å². The van der Waals surface area contributed by atoms with Crippen LogP contribution < -0.4 is 9.47 Å². The maximum Gasteiger partial charge on any atom is 0.123 e. The lowest BCUT2D eigenvalue weighted by Gasteiger charge is -2.13. The molecule has 0 spiro atoms. The van der Waals surface area contributed by atoms with Crippen molar-refractivity contribution in [3.8, 4) is 22.8 Å². The average Bonchev–Trinajstić information content (AvgIpc) is 3.14. The van der Waals surface area contributed by atoms with E-state index in [1.165, 1.54) is 12.1 Å². The fraction of sp³-hybridized carbons (Fsp3) is 0.300. The molecule has 35 heavy (non-hydrogen) atoms. The van der Waals surface area contributed by atoms with E-state index in [2.05, 4.69) is 42.7 Å². The van der Waals surface area contributed by atoms with E-state index in [4.69, 9.17) is 9.47 Å². The van der Waals surface area contributed by atoms with Crippen LogP contribution in [-0.4, -0.2) is 24.1 Å². The van der Waals surface area contributed by atoms with Crippen LogP contribution in [0.25, 0.3) is 22.2 Å². The van der Waals surface area contributed by atoms with Crippen molar-refractivity contribution in [1.82, 2.24) is 4.57 Å². The third-order valence-electron chi connectivity index (χ3n) is 6.17.